The van der Waals surface area contributed by atoms with Crippen LogP contribution in [-0.4, -0.2) is 40.6 Å². The highest BCUT2D eigenvalue weighted by Gasteiger charge is 2.47. The first-order valence-electron chi connectivity index (χ1n) is 7.59. The second-order valence-corrected chi connectivity index (χ2v) is 8.09. The summed E-state index contributed by atoms with van der Waals surface area (Å²) >= 11 is 2.12. The first-order valence-corrected chi connectivity index (χ1v) is 8.64. The van der Waals surface area contributed by atoms with Crippen molar-refractivity contribution in [1.82, 2.24) is 4.90 Å². The lowest BCUT2D eigenvalue weighted by atomic mass is 9.68. The van der Waals surface area contributed by atoms with Crippen molar-refractivity contribution in [3.8, 4) is 0 Å². The number of hydrogen-bond acceptors (Lipinski definition) is 3. The van der Waals surface area contributed by atoms with Gasteiger partial charge in [0.2, 0.25) is 0 Å². The summed E-state index contributed by atoms with van der Waals surface area (Å²) in [5.74, 6) is 2.85. The fourth-order valence-electron chi connectivity index (χ4n) is 4.07. The van der Waals surface area contributed by atoms with Gasteiger partial charge in [0.05, 0.1) is 0 Å². The summed E-state index contributed by atoms with van der Waals surface area (Å²) in [5, 5.41) is 0.742. The molecule has 2 nitrogen and oxygen atoms in total. The van der Waals surface area contributed by atoms with Crippen molar-refractivity contribution in [2.75, 3.05) is 18.8 Å². The molecule has 3 heteroatoms. The maximum Gasteiger partial charge on any atom is 0.0363 e. The van der Waals surface area contributed by atoms with Gasteiger partial charge in [-0.2, -0.15) is 11.8 Å². The molecule has 0 amide bonds. The molecule has 0 aromatic carbocycles. The Bertz CT molecular complexity index is 284. The quantitative estimate of drug-likeness (QED) is 0.836. The van der Waals surface area contributed by atoms with Crippen LogP contribution in [0.2, 0.25) is 0 Å². The highest BCUT2D eigenvalue weighted by molar-refractivity contribution is 8.00. The van der Waals surface area contributed by atoms with E-state index < -0.39 is 0 Å². The van der Waals surface area contributed by atoms with E-state index in [0.29, 0.717) is 6.04 Å². The Hall–Kier alpha value is 0.270. The summed E-state index contributed by atoms with van der Waals surface area (Å²) in [6.45, 7) is 11.7. The zero-order valence-electron chi connectivity index (χ0n) is 12.5. The van der Waals surface area contributed by atoms with Crippen molar-refractivity contribution in [3.63, 3.8) is 0 Å². The predicted molar refractivity (Wildman–Crippen MR) is 82.1 cm³/mol. The fourth-order valence-corrected chi connectivity index (χ4v) is 5.17. The van der Waals surface area contributed by atoms with Gasteiger partial charge in [0.1, 0.15) is 0 Å². The van der Waals surface area contributed by atoms with E-state index in [-0.39, 0.29) is 5.54 Å². The Kier molecular flexibility index (Phi) is 4.66. The third kappa shape index (κ3) is 2.46. The lowest BCUT2D eigenvalue weighted by Gasteiger charge is -2.56. The summed E-state index contributed by atoms with van der Waals surface area (Å²) in [6.07, 6.45) is 4.03. The number of hydrogen-bond donors (Lipinski definition) is 1. The third-order valence-corrected chi connectivity index (χ3v) is 6.86. The van der Waals surface area contributed by atoms with Gasteiger partial charge < -0.3 is 5.73 Å². The molecule has 0 spiro atoms. The molecule has 5 unspecified atom stereocenters. The molecule has 0 aromatic rings. The summed E-state index contributed by atoms with van der Waals surface area (Å²) in [5.41, 5.74) is 6.55. The SMILES string of the molecule is CC1CCC(C)C(CN)(N2CCSC(C)C2C)C1. The number of rotatable bonds is 2. The number of nitrogens with zero attached hydrogens (tertiary/aromatic N) is 1. The van der Waals surface area contributed by atoms with E-state index in [2.05, 4.69) is 44.4 Å². The Labute approximate surface area is 117 Å². The molecule has 2 N–H and O–H groups in total. The third-order valence-electron chi connectivity index (χ3n) is 5.52. The van der Waals surface area contributed by atoms with Crippen molar-refractivity contribution in [1.29, 1.82) is 0 Å². The summed E-state index contributed by atoms with van der Waals surface area (Å²) in [4.78, 5) is 2.77. The van der Waals surface area contributed by atoms with Crippen LogP contribution < -0.4 is 5.73 Å². The minimum Gasteiger partial charge on any atom is -0.329 e. The van der Waals surface area contributed by atoms with E-state index >= 15 is 0 Å². The molecule has 1 aliphatic carbocycles. The average molecular weight is 270 g/mol. The molecule has 18 heavy (non-hydrogen) atoms. The molecule has 1 saturated carbocycles. The van der Waals surface area contributed by atoms with Crippen LogP contribution in [0.25, 0.3) is 0 Å². The van der Waals surface area contributed by atoms with E-state index in [1.165, 1.54) is 31.6 Å². The van der Waals surface area contributed by atoms with E-state index in [0.717, 1.165) is 23.6 Å². The summed E-state index contributed by atoms with van der Waals surface area (Å²) < 4.78 is 0. The highest BCUT2D eigenvalue weighted by Crippen LogP contribution is 2.43. The minimum atomic E-state index is 0.270. The maximum atomic E-state index is 6.28. The molecule has 1 aliphatic heterocycles. The normalized spacial score (nSPS) is 47.2. The van der Waals surface area contributed by atoms with E-state index in [1.807, 2.05) is 0 Å². The molecule has 0 bridgehead atoms. The van der Waals surface area contributed by atoms with Gasteiger partial charge in [0.15, 0.2) is 0 Å². The second-order valence-electron chi connectivity index (χ2n) is 6.61. The van der Waals surface area contributed by atoms with E-state index in [9.17, 15) is 0 Å². The van der Waals surface area contributed by atoms with Crippen LogP contribution in [-0.2, 0) is 0 Å². The Morgan fingerprint density at radius 1 is 1.22 bits per heavy atom. The maximum absolute atomic E-state index is 6.28. The Morgan fingerprint density at radius 2 is 1.94 bits per heavy atom. The van der Waals surface area contributed by atoms with Crippen LogP contribution in [0, 0.1) is 11.8 Å². The topological polar surface area (TPSA) is 29.3 Å². The Balaban J connectivity index is 2.24. The zero-order valence-corrected chi connectivity index (χ0v) is 13.3. The highest BCUT2D eigenvalue weighted by atomic mass is 32.2. The largest absolute Gasteiger partial charge is 0.329 e. The first-order chi connectivity index (χ1) is 8.51. The van der Waals surface area contributed by atoms with Gasteiger partial charge in [0.25, 0.3) is 0 Å². The van der Waals surface area contributed by atoms with Gasteiger partial charge in [-0.25, -0.2) is 0 Å². The van der Waals surface area contributed by atoms with Gasteiger partial charge in [-0.1, -0.05) is 27.2 Å². The molecule has 5 atom stereocenters. The van der Waals surface area contributed by atoms with E-state index in [4.69, 9.17) is 5.73 Å². The summed E-state index contributed by atoms with van der Waals surface area (Å²) in [7, 11) is 0. The molecule has 0 aromatic heterocycles. The van der Waals surface area contributed by atoms with Gasteiger partial charge in [-0.3, -0.25) is 4.90 Å². The van der Waals surface area contributed by atoms with Gasteiger partial charge >= 0.3 is 0 Å². The van der Waals surface area contributed by atoms with E-state index in [1.54, 1.807) is 0 Å². The molecule has 2 fully saturated rings. The van der Waals surface area contributed by atoms with Crippen LogP contribution in [0.1, 0.15) is 47.0 Å². The van der Waals surface area contributed by atoms with Crippen LogP contribution in [0.3, 0.4) is 0 Å². The standard InChI is InChI=1S/C15H30N2S/c1-11-5-6-12(2)15(9-11,10-16)17-7-8-18-14(4)13(17)3/h11-14H,5-10,16H2,1-4H3. The smallest absolute Gasteiger partial charge is 0.0363 e. The zero-order chi connectivity index (χ0) is 13.3. The van der Waals surface area contributed by atoms with Gasteiger partial charge in [-0.15, -0.1) is 0 Å². The van der Waals surface area contributed by atoms with Crippen LogP contribution in [0.4, 0.5) is 0 Å². The lowest BCUT2D eigenvalue weighted by Crippen LogP contribution is -2.65. The van der Waals surface area contributed by atoms with Crippen LogP contribution in [0.15, 0.2) is 0 Å². The molecule has 106 valence electrons. The number of nitrogens with two attached hydrogens (primary N) is 1. The van der Waals surface area contributed by atoms with Crippen molar-refractivity contribution in [2.45, 2.75) is 63.8 Å². The van der Waals surface area contributed by atoms with Gasteiger partial charge in [0, 0.05) is 35.7 Å². The van der Waals surface area contributed by atoms with Gasteiger partial charge in [-0.05, 0) is 31.6 Å². The molecule has 2 rings (SSSR count). The molecule has 1 heterocycles. The van der Waals surface area contributed by atoms with Crippen molar-refractivity contribution in [3.05, 3.63) is 0 Å². The molecular formula is C15H30N2S. The molecular weight excluding hydrogens is 240 g/mol. The first kappa shape index (κ1) is 14.7. The second kappa shape index (κ2) is 5.72. The van der Waals surface area contributed by atoms with Crippen molar-refractivity contribution in [2.24, 2.45) is 17.6 Å². The fraction of sp³-hybridized carbons (Fsp3) is 1.00. The average Bonchev–Trinajstić information content (AvgIpc) is 2.36. The van der Waals surface area contributed by atoms with Crippen molar-refractivity contribution < 1.29 is 0 Å². The predicted octanol–water partition coefficient (Wildman–Crippen LogP) is 2.97. The Morgan fingerprint density at radius 3 is 2.61 bits per heavy atom. The van der Waals surface area contributed by atoms with Crippen LogP contribution in [0.5, 0.6) is 0 Å². The molecule has 0 radical (unpaired) electrons. The number of thioether (sulfide) groups is 1. The van der Waals surface area contributed by atoms with Crippen LogP contribution >= 0.6 is 11.8 Å². The molecule has 1 saturated heterocycles. The monoisotopic (exact) mass is 270 g/mol. The molecule has 2 aliphatic rings. The van der Waals surface area contributed by atoms with Crippen molar-refractivity contribution >= 4 is 11.8 Å². The minimum absolute atomic E-state index is 0.270. The summed E-state index contributed by atoms with van der Waals surface area (Å²) in [6, 6.07) is 0.667. The lowest BCUT2D eigenvalue weighted by molar-refractivity contribution is -0.0261.